The van der Waals surface area contributed by atoms with Crippen LogP contribution in [0.2, 0.25) is 0 Å². The van der Waals surface area contributed by atoms with Gasteiger partial charge in [-0.1, -0.05) is 42.5 Å². The van der Waals surface area contributed by atoms with E-state index in [2.05, 4.69) is 10.1 Å². The van der Waals surface area contributed by atoms with Gasteiger partial charge in [-0.05, 0) is 47.4 Å². The molecule has 3 heterocycles. The quantitative estimate of drug-likeness (QED) is 0.310. The fourth-order valence-corrected chi connectivity index (χ4v) is 4.97. The van der Waals surface area contributed by atoms with Crippen LogP contribution in [0.3, 0.4) is 0 Å². The van der Waals surface area contributed by atoms with Gasteiger partial charge in [-0.2, -0.15) is 0 Å². The third kappa shape index (κ3) is 4.76. The number of hydrogen-bond acceptors (Lipinski definition) is 5. The van der Waals surface area contributed by atoms with Crippen molar-refractivity contribution in [1.29, 1.82) is 0 Å². The molecule has 1 fully saturated rings. The molecular formula is C29H27FN4O4. The van der Waals surface area contributed by atoms with E-state index < -0.39 is 12.1 Å². The molecule has 2 amide bonds. The first-order valence-electron chi connectivity index (χ1n) is 12.3. The summed E-state index contributed by atoms with van der Waals surface area (Å²) >= 11 is 0. The molecule has 5 rings (SSSR count). The third-order valence-corrected chi connectivity index (χ3v) is 6.88. The summed E-state index contributed by atoms with van der Waals surface area (Å²) in [4.78, 5) is 39.6. The molecule has 0 saturated carbocycles. The lowest BCUT2D eigenvalue weighted by Crippen LogP contribution is -2.46. The minimum absolute atomic E-state index is 0.112. The Labute approximate surface area is 218 Å². The van der Waals surface area contributed by atoms with Crippen LogP contribution < -0.4 is 11.1 Å². The maximum atomic E-state index is 14.5. The Bertz CT molecular complexity index is 1540. The summed E-state index contributed by atoms with van der Waals surface area (Å²) in [6.07, 6.45) is 0.714. The number of amides is 2. The Morgan fingerprint density at radius 2 is 1.76 bits per heavy atom. The van der Waals surface area contributed by atoms with E-state index in [-0.39, 0.29) is 17.3 Å². The van der Waals surface area contributed by atoms with Crippen LogP contribution in [0.25, 0.3) is 16.6 Å². The maximum Gasteiger partial charge on any atom is 0.412 e. The topological polar surface area (TPSA) is 106 Å². The molecule has 2 aromatic heterocycles. The Morgan fingerprint density at radius 1 is 1.03 bits per heavy atom. The van der Waals surface area contributed by atoms with E-state index in [0.717, 1.165) is 16.7 Å². The van der Waals surface area contributed by atoms with Crippen molar-refractivity contribution < 1.29 is 23.5 Å². The van der Waals surface area contributed by atoms with Gasteiger partial charge in [0.2, 0.25) is 0 Å². The summed E-state index contributed by atoms with van der Waals surface area (Å²) in [7, 11) is 0. The molecule has 0 unspecified atom stereocenters. The normalized spacial score (nSPS) is 13.5. The molecule has 1 aliphatic rings. The fraction of sp³-hybridized carbons (Fsp3) is 0.207. The predicted octanol–water partition coefficient (Wildman–Crippen LogP) is 3.93. The van der Waals surface area contributed by atoms with E-state index in [1.54, 1.807) is 34.6 Å². The summed E-state index contributed by atoms with van der Waals surface area (Å²) in [5.74, 6) is -1.36. The molecular weight excluding hydrogens is 487 g/mol. The maximum absolute atomic E-state index is 14.5. The smallest absolute Gasteiger partial charge is 0.373 e. The summed E-state index contributed by atoms with van der Waals surface area (Å²) in [6, 6.07) is 17.5. The number of aromatic nitrogens is 1. The van der Waals surface area contributed by atoms with Gasteiger partial charge in [0.25, 0.3) is 5.91 Å². The van der Waals surface area contributed by atoms with Crippen LogP contribution in [-0.2, 0) is 11.2 Å². The highest BCUT2D eigenvalue weighted by molar-refractivity contribution is 6.03. The summed E-state index contributed by atoms with van der Waals surface area (Å²) in [6.45, 7) is 4.19. The molecule has 0 spiro atoms. The van der Waals surface area contributed by atoms with Crippen LogP contribution >= 0.6 is 0 Å². The number of fused-ring (bicyclic) bond motifs is 1. The number of carbonyl (C=O) groups is 3. The van der Waals surface area contributed by atoms with Gasteiger partial charge in [0.05, 0.1) is 11.1 Å². The number of halogens is 1. The number of carbonyl (C=O) groups excluding carboxylic acids is 3. The number of pyridine rings is 1. The zero-order valence-electron chi connectivity index (χ0n) is 20.9. The lowest BCUT2D eigenvalue weighted by atomic mass is 9.93. The molecule has 1 saturated heterocycles. The van der Waals surface area contributed by atoms with E-state index in [4.69, 9.17) is 5.73 Å². The number of nitrogens with zero attached hydrogens (tertiary/aromatic N) is 2. The second-order valence-electron chi connectivity index (χ2n) is 9.19. The molecule has 1 aliphatic heterocycles. The molecule has 38 heavy (non-hydrogen) atoms. The molecule has 2 aromatic carbocycles. The number of benzene rings is 2. The van der Waals surface area contributed by atoms with Gasteiger partial charge in [0.15, 0.2) is 0 Å². The first-order chi connectivity index (χ1) is 18.3. The number of rotatable bonds is 5. The molecule has 4 aromatic rings. The number of nitrogens with one attached hydrogen (secondary N) is 1. The zero-order valence-corrected chi connectivity index (χ0v) is 20.9. The molecule has 9 heteroatoms. The van der Waals surface area contributed by atoms with Gasteiger partial charge < -0.3 is 25.1 Å². The lowest BCUT2D eigenvalue weighted by molar-refractivity contribution is 0.0637. The summed E-state index contributed by atoms with van der Waals surface area (Å²) < 4.78 is 20.9. The van der Waals surface area contributed by atoms with E-state index in [1.807, 2.05) is 36.4 Å². The number of ether oxygens (including phenoxy) is 1. The van der Waals surface area contributed by atoms with E-state index in [0.29, 0.717) is 54.9 Å². The molecule has 8 nitrogen and oxygen atoms in total. The van der Waals surface area contributed by atoms with Gasteiger partial charge in [0.1, 0.15) is 11.5 Å². The molecule has 0 aliphatic carbocycles. The zero-order chi connectivity index (χ0) is 26.8. The predicted molar refractivity (Wildman–Crippen MR) is 141 cm³/mol. The van der Waals surface area contributed by atoms with E-state index >= 15 is 0 Å². The average molecular weight is 515 g/mol. The van der Waals surface area contributed by atoms with Gasteiger partial charge in [-0.3, -0.25) is 4.79 Å². The van der Waals surface area contributed by atoms with Crippen LogP contribution in [0.15, 0.2) is 66.9 Å². The van der Waals surface area contributed by atoms with E-state index in [9.17, 15) is 18.8 Å². The summed E-state index contributed by atoms with van der Waals surface area (Å²) in [5, 5.41) is 3.26. The molecule has 3 N–H and O–H groups in total. The monoisotopic (exact) mass is 514 g/mol. The van der Waals surface area contributed by atoms with Crippen molar-refractivity contribution in [3.05, 3.63) is 101 Å². The Balaban J connectivity index is 1.79. The van der Waals surface area contributed by atoms with Crippen LogP contribution in [0.5, 0.6) is 0 Å². The highest BCUT2D eigenvalue weighted by Gasteiger charge is 2.29. The second kappa shape index (κ2) is 10.5. The first kappa shape index (κ1) is 25.2. The van der Waals surface area contributed by atoms with Crippen molar-refractivity contribution in [3.8, 4) is 11.1 Å². The Hall–Kier alpha value is -4.50. The molecule has 0 atom stereocenters. The molecule has 0 bridgehead atoms. The number of nitrogens with two attached hydrogens (primary N) is 1. The fourth-order valence-electron chi connectivity index (χ4n) is 4.97. The average Bonchev–Trinajstić information content (AvgIpc) is 3.24. The Kier molecular flexibility index (Phi) is 6.93. The largest absolute Gasteiger partial charge is 0.412 e. The van der Waals surface area contributed by atoms with Gasteiger partial charge in [-0.25, -0.2) is 14.0 Å². The van der Waals surface area contributed by atoms with Crippen molar-refractivity contribution in [2.45, 2.75) is 13.3 Å². The van der Waals surface area contributed by atoms with Gasteiger partial charge in [0, 0.05) is 44.4 Å². The third-order valence-electron chi connectivity index (χ3n) is 6.88. The van der Waals surface area contributed by atoms with Crippen molar-refractivity contribution >= 4 is 23.5 Å². The van der Waals surface area contributed by atoms with Crippen LogP contribution in [0, 0.1) is 12.7 Å². The number of piperazine rings is 1. The number of primary amides is 1. The van der Waals surface area contributed by atoms with Crippen LogP contribution in [0.4, 0.5) is 9.18 Å². The minimum atomic E-state index is -1.20. The van der Waals surface area contributed by atoms with Crippen molar-refractivity contribution in [1.82, 2.24) is 14.6 Å². The van der Waals surface area contributed by atoms with E-state index in [1.165, 1.54) is 12.1 Å². The lowest BCUT2D eigenvalue weighted by Gasteiger charge is -2.28. The first-order valence-corrected chi connectivity index (χ1v) is 12.3. The number of esters is 1. The second-order valence-corrected chi connectivity index (χ2v) is 9.19. The highest BCUT2D eigenvalue weighted by Crippen LogP contribution is 2.37. The molecule has 194 valence electrons. The van der Waals surface area contributed by atoms with Crippen molar-refractivity contribution in [3.63, 3.8) is 0 Å². The van der Waals surface area contributed by atoms with Crippen LogP contribution in [0.1, 0.15) is 37.5 Å². The summed E-state index contributed by atoms with van der Waals surface area (Å²) in [5.41, 5.74) is 9.73. The van der Waals surface area contributed by atoms with Crippen LogP contribution in [-0.4, -0.2) is 53.4 Å². The van der Waals surface area contributed by atoms with Gasteiger partial charge in [-0.15, -0.1) is 0 Å². The standard InChI is InChI=1S/C29H27FN4O4/c1-18-20(8-5-9-23(18)30)16-22-25(19-6-3-2-4-7-19)24-17-21(28(36)38-29(31)37)10-13-34(24)26(22)27(35)33-14-11-32-12-15-33/h2-10,13,17,32H,11-12,14-16H2,1H3,(H2,31,37). The SMILES string of the molecule is Cc1c(F)cccc1Cc1c(-c2ccccc2)c2cc(C(=O)OC(N)=O)ccn2c1C(=O)N1CCNCC1. The minimum Gasteiger partial charge on any atom is -0.373 e. The number of hydrogen-bond donors (Lipinski definition) is 2. The van der Waals surface area contributed by atoms with Crippen molar-refractivity contribution in [2.75, 3.05) is 26.2 Å². The van der Waals surface area contributed by atoms with Gasteiger partial charge >= 0.3 is 12.1 Å². The highest BCUT2D eigenvalue weighted by atomic mass is 19.1. The molecule has 0 radical (unpaired) electrons. The van der Waals surface area contributed by atoms with Crippen molar-refractivity contribution in [2.24, 2.45) is 5.73 Å². The Morgan fingerprint density at radius 3 is 2.47 bits per heavy atom.